The number of benzene rings is 2. The summed E-state index contributed by atoms with van der Waals surface area (Å²) in [6.07, 6.45) is 0.306. The summed E-state index contributed by atoms with van der Waals surface area (Å²) in [5.41, 5.74) is 3.76. The lowest BCUT2D eigenvalue weighted by Gasteiger charge is -2.14. The summed E-state index contributed by atoms with van der Waals surface area (Å²) < 4.78 is 5.42. The number of nitrogens with one attached hydrogen (secondary N) is 3. The van der Waals surface area contributed by atoms with Crippen LogP contribution in [0.4, 0.5) is 5.69 Å². The molecule has 0 atom stereocenters. The molecule has 150 valence electrons. The molecule has 0 fully saturated rings. The lowest BCUT2D eigenvalue weighted by molar-refractivity contribution is -0.116. The van der Waals surface area contributed by atoms with Gasteiger partial charge < -0.3 is 20.7 Å². The normalized spacial score (nSPS) is 11.1. The summed E-state index contributed by atoms with van der Waals surface area (Å²) in [5.74, 6) is 1.36. The van der Waals surface area contributed by atoms with E-state index in [1.165, 1.54) is 0 Å². The number of hydrogen-bond donors (Lipinski definition) is 3. The Morgan fingerprint density at radius 2 is 1.96 bits per heavy atom. The summed E-state index contributed by atoms with van der Waals surface area (Å²) >= 11 is 6.08. The number of carbonyl (C=O) groups is 1. The fourth-order valence-corrected chi connectivity index (χ4v) is 2.82. The maximum Gasteiger partial charge on any atom is 0.226 e. The van der Waals surface area contributed by atoms with Crippen molar-refractivity contribution >= 4 is 29.2 Å². The van der Waals surface area contributed by atoms with Gasteiger partial charge in [0.1, 0.15) is 5.75 Å². The van der Waals surface area contributed by atoms with Gasteiger partial charge in [-0.3, -0.25) is 9.79 Å². The van der Waals surface area contributed by atoms with Crippen LogP contribution in [-0.2, 0) is 11.3 Å². The van der Waals surface area contributed by atoms with Gasteiger partial charge >= 0.3 is 0 Å². The molecule has 0 aliphatic carbocycles. The lowest BCUT2D eigenvalue weighted by atomic mass is 10.1. The van der Waals surface area contributed by atoms with Crippen molar-refractivity contribution in [1.29, 1.82) is 0 Å². The van der Waals surface area contributed by atoms with Crippen LogP contribution in [0.15, 0.2) is 41.4 Å². The highest BCUT2D eigenvalue weighted by Gasteiger charge is 2.08. The summed E-state index contributed by atoms with van der Waals surface area (Å²) in [4.78, 5) is 16.4. The van der Waals surface area contributed by atoms with E-state index in [-0.39, 0.29) is 5.91 Å². The molecule has 2 rings (SSSR count). The van der Waals surface area contributed by atoms with Gasteiger partial charge in [0.05, 0.1) is 7.11 Å². The first-order valence-corrected chi connectivity index (χ1v) is 9.45. The molecule has 0 bridgehead atoms. The number of ether oxygens (including phenoxy) is 1. The molecule has 2 aromatic carbocycles. The van der Waals surface area contributed by atoms with E-state index in [0.29, 0.717) is 30.5 Å². The highest BCUT2D eigenvalue weighted by atomic mass is 35.5. The van der Waals surface area contributed by atoms with Crippen LogP contribution in [0, 0.1) is 13.8 Å². The van der Waals surface area contributed by atoms with E-state index in [2.05, 4.69) is 20.9 Å². The lowest BCUT2D eigenvalue weighted by Crippen LogP contribution is -2.38. The van der Waals surface area contributed by atoms with E-state index in [0.717, 1.165) is 28.1 Å². The molecule has 7 heteroatoms. The van der Waals surface area contributed by atoms with Crippen LogP contribution < -0.4 is 20.7 Å². The summed E-state index contributed by atoms with van der Waals surface area (Å²) in [7, 11) is 3.35. The van der Waals surface area contributed by atoms with Crippen molar-refractivity contribution in [2.24, 2.45) is 4.99 Å². The Labute approximate surface area is 171 Å². The SMILES string of the molecule is CN=C(NCCC(=O)Nc1cccc(Cl)c1C)NCc1ccc(C)cc1OC. The first-order chi connectivity index (χ1) is 13.4. The first-order valence-electron chi connectivity index (χ1n) is 9.07. The molecule has 28 heavy (non-hydrogen) atoms. The van der Waals surface area contributed by atoms with E-state index in [1.807, 2.05) is 44.2 Å². The molecule has 0 aromatic heterocycles. The molecule has 3 N–H and O–H groups in total. The van der Waals surface area contributed by atoms with E-state index in [9.17, 15) is 4.79 Å². The largest absolute Gasteiger partial charge is 0.496 e. The zero-order chi connectivity index (χ0) is 20.5. The Kier molecular flexibility index (Phi) is 8.14. The van der Waals surface area contributed by atoms with Crippen molar-refractivity contribution in [3.8, 4) is 5.75 Å². The zero-order valence-corrected chi connectivity index (χ0v) is 17.5. The highest BCUT2D eigenvalue weighted by Crippen LogP contribution is 2.23. The van der Waals surface area contributed by atoms with Gasteiger partial charge in [0, 0.05) is 42.8 Å². The van der Waals surface area contributed by atoms with Crippen molar-refractivity contribution in [2.45, 2.75) is 26.8 Å². The number of halogens is 1. The fourth-order valence-electron chi connectivity index (χ4n) is 2.65. The van der Waals surface area contributed by atoms with Crippen LogP contribution in [0.25, 0.3) is 0 Å². The molecular formula is C21H27ClN4O2. The number of aliphatic imine (C=N–C) groups is 1. The minimum Gasteiger partial charge on any atom is -0.496 e. The van der Waals surface area contributed by atoms with E-state index in [4.69, 9.17) is 16.3 Å². The number of guanidine groups is 1. The van der Waals surface area contributed by atoms with E-state index < -0.39 is 0 Å². The number of amides is 1. The molecule has 0 aliphatic heterocycles. The second kappa shape index (κ2) is 10.6. The van der Waals surface area contributed by atoms with Crippen molar-refractivity contribution in [3.05, 3.63) is 58.1 Å². The molecule has 0 unspecified atom stereocenters. The van der Waals surface area contributed by atoms with Crippen molar-refractivity contribution in [3.63, 3.8) is 0 Å². The molecule has 6 nitrogen and oxygen atoms in total. The Morgan fingerprint density at radius 1 is 1.18 bits per heavy atom. The first kappa shape index (κ1) is 21.6. The maximum absolute atomic E-state index is 12.2. The number of nitrogens with zero attached hydrogens (tertiary/aromatic N) is 1. The predicted octanol–water partition coefficient (Wildman–Crippen LogP) is 3.66. The van der Waals surface area contributed by atoms with E-state index >= 15 is 0 Å². The molecule has 0 aliphatic rings. The highest BCUT2D eigenvalue weighted by molar-refractivity contribution is 6.31. The molecule has 0 saturated carbocycles. The zero-order valence-electron chi connectivity index (χ0n) is 16.7. The molecule has 2 aromatic rings. The molecule has 0 spiro atoms. The van der Waals surface area contributed by atoms with Crippen LogP contribution in [0.5, 0.6) is 5.75 Å². The Bertz CT molecular complexity index is 852. The molecular weight excluding hydrogens is 376 g/mol. The van der Waals surface area contributed by atoms with Crippen LogP contribution in [0.2, 0.25) is 5.02 Å². The van der Waals surface area contributed by atoms with Gasteiger partial charge in [0.25, 0.3) is 0 Å². The van der Waals surface area contributed by atoms with Crippen LogP contribution in [0.3, 0.4) is 0 Å². The van der Waals surface area contributed by atoms with Crippen molar-refractivity contribution in [1.82, 2.24) is 10.6 Å². The van der Waals surface area contributed by atoms with Gasteiger partial charge in [0.15, 0.2) is 5.96 Å². The van der Waals surface area contributed by atoms with Crippen LogP contribution in [-0.4, -0.2) is 32.6 Å². The third-order valence-electron chi connectivity index (χ3n) is 4.30. The van der Waals surface area contributed by atoms with Crippen LogP contribution >= 0.6 is 11.6 Å². The monoisotopic (exact) mass is 402 g/mol. The standard InChI is InChI=1S/C21H27ClN4O2/c1-14-8-9-16(19(12-14)28-4)13-25-21(23-3)24-11-10-20(27)26-18-7-5-6-17(22)15(18)2/h5-9,12H,10-11,13H2,1-4H3,(H,26,27)(H2,23,24,25). The Hall–Kier alpha value is -2.73. The smallest absolute Gasteiger partial charge is 0.226 e. The van der Waals surface area contributed by atoms with Gasteiger partial charge in [-0.25, -0.2) is 0 Å². The molecule has 0 heterocycles. The second-order valence-corrected chi connectivity index (χ2v) is 6.79. The van der Waals surface area contributed by atoms with Crippen LogP contribution in [0.1, 0.15) is 23.1 Å². The Morgan fingerprint density at radius 3 is 2.68 bits per heavy atom. The molecule has 1 amide bonds. The number of rotatable bonds is 7. The average Bonchev–Trinajstić information content (AvgIpc) is 2.68. The number of methoxy groups -OCH3 is 1. The summed E-state index contributed by atoms with van der Waals surface area (Å²) in [6, 6.07) is 11.5. The summed E-state index contributed by atoms with van der Waals surface area (Å²) in [6.45, 7) is 4.92. The minimum absolute atomic E-state index is 0.0893. The van der Waals surface area contributed by atoms with E-state index in [1.54, 1.807) is 20.2 Å². The van der Waals surface area contributed by atoms with Gasteiger partial charge in [-0.1, -0.05) is 29.8 Å². The minimum atomic E-state index is -0.0893. The van der Waals surface area contributed by atoms with Crippen molar-refractivity contribution in [2.75, 3.05) is 26.0 Å². The predicted molar refractivity (Wildman–Crippen MR) is 115 cm³/mol. The Balaban J connectivity index is 1.81. The number of anilines is 1. The molecule has 0 radical (unpaired) electrons. The third-order valence-corrected chi connectivity index (χ3v) is 4.71. The topological polar surface area (TPSA) is 74.8 Å². The fraction of sp³-hybridized carbons (Fsp3) is 0.333. The number of hydrogen-bond acceptors (Lipinski definition) is 3. The summed E-state index contributed by atoms with van der Waals surface area (Å²) in [5, 5.41) is 9.88. The van der Waals surface area contributed by atoms with Crippen molar-refractivity contribution < 1.29 is 9.53 Å². The second-order valence-electron chi connectivity index (χ2n) is 6.38. The average molecular weight is 403 g/mol. The van der Waals surface area contributed by atoms with Gasteiger partial charge in [-0.2, -0.15) is 0 Å². The van der Waals surface area contributed by atoms with Gasteiger partial charge in [-0.15, -0.1) is 0 Å². The number of carbonyl (C=O) groups excluding carboxylic acids is 1. The maximum atomic E-state index is 12.2. The quantitative estimate of drug-likeness (QED) is 0.488. The van der Waals surface area contributed by atoms with Gasteiger partial charge in [0.2, 0.25) is 5.91 Å². The molecule has 0 saturated heterocycles. The van der Waals surface area contributed by atoms with Gasteiger partial charge in [-0.05, 0) is 43.2 Å². The number of aryl methyl sites for hydroxylation is 1. The third kappa shape index (κ3) is 6.16.